The molecule has 0 heterocycles. The van der Waals surface area contributed by atoms with Crippen LogP contribution in [0, 0.1) is 0 Å². The second kappa shape index (κ2) is 8.36. The zero-order valence-electron chi connectivity index (χ0n) is 12.1. The number of carboxylic acid groups (broad SMARTS) is 1. The highest BCUT2D eigenvalue weighted by Gasteiger charge is 2.10. The smallest absolute Gasteiger partial charge is 0.305 e. The Labute approximate surface area is 128 Å². The van der Waals surface area contributed by atoms with Crippen LogP contribution in [0.1, 0.15) is 12.8 Å². The Hall–Kier alpha value is -1.95. The van der Waals surface area contributed by atoms with Crippen molar-refractivity contribution in [1.82, 2.24) is 4.90 Å². The van der Waals surface area contributed by atoms with Crippen LogP contribution in [0.25, 0.3) is 0 Å². The van der Waals surface area contributed by atoms with Crippen LogP contribution in [0.3, 0.4) is 0 Å². The molecule has 6 nitrogen and oxygen atoms in total. The van der Waals surface area contributed by atoms with Crippen LogP contribution in [-0.4, -0.2) is 49.1 Å². The van der Waals surface area contributed by atoms with Gasteiger partial charge in [-0.2, -0.15) is 0 Å². The fraction of sp³-hybridized carbons (Fsp3) is 0.429. The Balaban J connectivity index is 2.44. The van der Waals surface area contributed by atoms with Crippen molar-refractivity contribution in [1.29, 1.82) is 0 Å². The summed E-state index contributed by atoms with van der Waals surface area (Å²) in [6.45, 7) is 0.613. The van der Waals surface area contributed by atoms with Crippen molar-refractivity contribution in [3.8, 4) is 5.75 Å². The van der Waals surface area contributed by atoms with Crippen LogP contribution < -0.4 is 10.1 Å². The van der Waals surface area contributed by atoms with E-state index in [2.05, 4.69) is 5.32 Å². The van der Waals surface area contributed by atoms with E-state index >= 15 is 0 Å². The predicted molar refractivity (Wildman–Crippen MR) is 81.0 cm³/mol. The lowest BCUT2D eigenvalue weighted by Gasteiger charge is -2.17. The standard InChI is InChI=1S/C14H19ClN2O4/c1-17(8-6-14(19)20)13(18)5-7-16-11-9-10(15)3-4-12(11)21-2/h3-4,9,16H,5-8H2,1-2H3,(H,19,20). The third kappa shape index (κ3) is 5.91. The van der Waals surface area contributed by atoms with Crippen molar-refractivity contribution in [2.24, 2.45) is 0 Å². The molecular weight excluding hydrogens is 296 g/mol. The zero-order chi connectivity index (χ0) is 15.8. The van der Waals surface area contributed by atoms with Gasteiger partial charge in [0.1, 0.15) is 5.75 Å². The maximum Gasteiger partial charge on any atom is 0.305 e. The Morgan fingerprint density at radius 3 is 2.71 bits per heavy atom. The van der Waals surface area contributed by atoms with Gasteiger partial charge in [-0.25, -0.2) is 0 Å². The number of nitrogens with zero attached hydrogens (tertiary/aromatic N) is 1. The predicted octanol–water partition coefficient (Wildman–Crippen LogP) is 2.08. The molecule has 116 valence electrons. The number of ether oxygens (including phenoxy) is 1. The molecule has 0 aliphatic rings. The molecule has 7 heteroatoms. The molecule has 2 N–H and O–H groups in total. The van der Waals surface area contributed by atoms with E-state index in [-0.39, 0.29) is 25.3 Å². The average molecular weight is 315 g/mol. The molecule has 1 aromatic carbocycles. The minimum absolute atomic E-state index is 0.0578. The molecule has 0 saturated heterocycles. The normalized spacial score (nSPS) is 10.0. The second-order valence-corrected chi connectivity index (χ2v) is 4.92. The van der Waals surface area contributed by atoms with Gasteiger partial charge in [-0.3, -0.25) is 9.59 Å². The van der Waals surface area contributed by atoms with E-state index in [1.165, 1.54) is 4.90 Å². The fourth-order valence-corrected chi connectivity index (χ4v) is 1.87. The SMILES string of the molecule is COc1ccc(Cl)cc1NCCC(=O)N(C)CCC(=O)O. The monoisotopic (exact) mass is 314 g/mol. The minimum atomic E-state index is -0.920. The number of nitrogens with one attached hydrogen (secondary N) is 1. The Bertz CT molecular complexity index is 508. The summed E-state index contributed by atoms with van der Waals surface area (Å²) in [4.78, 5) is 23.7. The van der Waals surface area contributed by atoms with E-state index in [4.69, 9.17) is 21.4 Å². The number of benzene rings is 1. The number of anilines is 1. The molecule has 0 fully saturated rings. The van der Waals surface area contributed by atoms with Crippen LogP contribution in [0.2, 0.25) is 5.02 Å². The topological polar surface area (TPSA) is 78.9 Å². The lowest BCUT2D eigenvalue weighted by molar-refractivity contribution is -0.138. The summed E-state index contributed by atoms with van der Waals surface area (Å²) in [5, 5.41) is 12.2. The Morgan fingerprint density at radius 2 is 2.10 bits per heavy atom. The van der Waals surface area contributed by atoms with E-state index in [1.54, 1.807) is 32.4 Å². The van der Waals surface area contributed by atoms with E-state index in [1.807, 2.05) is 0 Å². The molecule has 1 aromatic rings. The maximum atomic E-state index is 11.8. The van der Waals surface area contributed by atoms with Crippen molar-refractivity contribution >= 4 is 29.2 Å². The van der Waals surface area contributed by atoms with Gasteiger partial charge in [0.05, 0.1) is 19.2 Å². The lowest BCUT2D eigenvalue weighted by Crippen LogP contribution is -2.30. The van der Waals surface area contributed by atoms with Gasteiger partial charge >= 0.3 is 5.97 Å². The summed E-state index contributed by atoms with van der Waals surface area (Å²) >= 11 is 5.91. The molecule has 0 radical (unpaired) electrons. The van der Waals surface area contributed by atoms with Gasteiger partial charge in [-0.15, -0.1) is 0 Å². The first-order valence-electron chi connectivity index (χ1n) is 6.47. The van der Waals surface area contributed by atoms with E-state index < -0.39 is 5.97 Å². The molecule has 0 aliphatic carbocycles. The molecular formula is C14H19ClN2O4. The molecule has 0 atom stereocenters. The largest absolute Gasteiger partial charge is 0.495 e. The van der Waals surface area contributed by atoms with Crippen molar-refractivity contribution in [3.63, 3.8) is 0 Å². The fourth-order valence-electron chi connectivity index (χ4n) is 1.70. The summed E-state index contributed by atoms with van der Waals surface area (Å²) < 4.78 is 5.19. The molecule has 0 bridgehead atoms. The molecule has 0 unspecified atom stereocenters. The number of methoxy groups -OCH3 is 1. The zero-order valence-corrected chi connectivity index (χ0v) is 12.8. The number of carbonyl (C=O) groups excluding carboxylic acids is 1. The molecule has 21 heavy (non-hydrogen) atoms. The van der Waals surface area contributed by atoms with Crippen LogP contribution in [0.15, 0.2) is 18.2 Å². The first kappa shape index (κ1) is 17.1. The quantitative estimate of drug-likeness (QED) is 0.768. The molecule has 0 spiro atoms. The number of aliphatic carboxylic acids is 1. The maximum absolute atomic E-state index is 11.8. The minimum Gasteiger partial charge on any atom is -0.495 e. The number of amides is 1. The van der Waals surface area contributed by atoms with Crippen molar-refractivity contribution in [2.45, 2.75) is 12.8 Å². The number of carbonyl (C=O) groups is 2. The van der Waals surface area contributed by atoms with Gasteiger partial charge in [0.25, 0.3) is 0 Å². The van der Waals surface area contributed by atoms with Crippen molar-refractivity contribution in [2.75, 3.05) is 32.6 Å². The molecule has 1 rings (SSSR count). The first-order chi connectivity index (χ1) is 9.93. The van der Waals surface area contributed by atoms with E-state index in [9.17, 15) is 9.59 Å². The van der Waals surface area contributed by atoms with Crippen LogP contribution in [-0.2, 0) is 9.59 Å². The molecule has 0 saturated carbocycles. The molecule has 0 aromatic heterocycles. The summed E-state index contributed by atoms with van der Waals surface area (Å²) in [6.07, 6.45) is 0.198. The summed E-state index contributed by atoms with van der Waals surface area (Å²) in [5.41, 5.74) is 0.714. The van der Waals surface area contributed by atoms with Crippen LogP contribution in [0.4, 0.5) is 5.69 Å². The Kier molecular flexibility index (Phi) is 6.81. The third-order valence-corrected chi connectivity index (χ3v) is 3.14. The number of halogens is 1. The van der Waals surface area contributed by atoms with Gasteiger partial charge in [0.15, 0.2) is 0 Å². The number of carboxylic acids is 1. The summed E-state index contributed by atoms with van der Waals surface area (Å²) in [6, 6.07) is 5.18. The van der Waals surface area contributed by atoms with E-state index in [0.29, 0.717) is 23.0 Å². The van der Waals surface area contributed by atoms with Gasteiger partial charge < -0.3 is 20.1 Å². The van der Waals surface area contributed by atoms with Gasteiger partial charge in [0.2, 0.25) is 5.91 Å². The number of rotatable bonds is 8. The average Bonchev–Trinajstić information content (AvgIpc) is 2.44. The summed E-state index contributed by atoms with van der Waals surface area (Å²) in [7, 11) is 3.14. The number of hydrogen-bond donors (Lipinski definition) is 2. The third-order valence-electron chi connectivity index (χ3n) is 2.90. The highest BCUT2D eigenvalue weighted by molar-refractivity contribution is 6.30. The highest BCUT2D eigenvalue weighted by Crippen LogP contribution is 2.27. The Morgan fingerprint density at radius 1 is 1.38 bits per heavy atom. The molecule has 1 amide bonds. The van der Waals surface area contributed by atoms with Crippen molar-refractivity contribution in [3.05, 3.63) is 23.2 Å². The highest BCUT2D eigenvalue weighted by atomic mass is 35.5. The second-order valence-electron chi connectivity index (χ2n) is 4.48. The van der Waals surface area contributed by atoms with Gasteiger partial charge in [-0.1, -0.05) is 11.6 Å². The summed E-state index contributed by atoms with van der Waals surface area (Å²) in [5.74, 6) is -0.396. The van der Waals surface area contributed by atoms with Gasteiger partial charge in [0, 0.05) is 31.6 Å². The van der Waals surface area contributed by atoms with E-state index in [0.717, 1.165) is 0 Å². The van der Waals surface area contributed by atoms with Crippen molar-refractivity contribution < 1.29 is 19.4 Å². The van der Waals surface area contributed by atoms with Crippen LogP contribution >= 0.6 is 11.6 Å². The first-order valence-corrected chi connectivity index (χ1v) is 6.85. The van der Waals surface area contributed by atoms with Gasteiger partial charge in [-0.05, 0) is 18.2 Å². The molecule has 0 aliphatic heterocycles. The lowest BCUT2D eigenvalue weighted by atomic mass is 10.2. The number of hydrogen-bond acceptors (Lipinski definition) is 4. The van der Waals surface area contributed by atoms with Crippen LogP contribution in [0.5, 0.6) is 5.75 Å².